The average molecular weight is 147 g/mol. The van der Waals surface area contributed by atoms with Crippen LogP contribution in [0.1, 0.15) is 20.8 Å². The molecule has 0 aromatic heterocycles. The predicted molar refractivity (Wildman–Crippen MR) is 41.9 cm³/mol. The van der Waals surface area contributed by atoms with E-state index in [-0.39, 0.29) is 5.97 Å². The number of ether oxygens (including phenoxy) is 1. The maximum absolute atomic E-state index is 9.59. The van der Waals surface area contributed by atoms with Crippen molar-refractivity contribution in [3.05, 3.63) is 0 Å². The number of methoxy groups -OCH3 is 1. The van der Waals surface area contributed by atoms with Crippen molar-refractivity contribution in [2.75, 3.05) is 20.2 Å². The Morgan fingerprint density at radius 1 is 1.40 bits per heavy atom. The Balaban J connectivity index is 0. The van der Waals surface area contributed by atoms with Crippen LogP contribution in [0.5, 0.6) is 0 Å². The normalized spacial score (nSPS) is 7.60. The van der Waals surface area contributed by atoms with Gasteiger partial charge in [0.05, 0.1) is 7.11 Å². The molecule has 0 amide bonds. The molecule has 0 heterocycles. The van der Waals surface area contributed by atoms with Gasteiger partial charge in [-0.3, -0.25) is 4.79 Å². The molecule has 0 atom stereocenters. The number of nitrogens with one attached hydrogen (secondary N) is 1. The summed E-state index contributed by atoms with van der Waals surface area (Å²) < 4.78 is 4.11. The lowest BCUT2D eigenvalue weighted by atomic mass is 10.7. The number of esters is 1. The highest BCUT2D eigenvalue weighted by atomic mass is 16.5. The van der Waals surface area contributed by atoms with Gasteiger partial charge in [-0.2, -0.15) is 0 Å². The Labute approximate surface area is 62.8 Å². The summed E-state index contributed by atoms with van der Waals surface area (Å²) >= 11 is 0. The number of carbonyl (C=O) groups is 1. The maximum atomic E-state index is 9.59. The van der Waals surface area contributed by atoms with Crippen molar-refractivity contribution < 1.29 is 9.53 Å². The highest BCUT2D eigenvalue weighted by Gasteiger charge is 1.75. The Kier molecular flexibility index (Phi) is 13.7. The third-order valence-electron chi connectivity index (χ3n) is 0.787. The van der Waals surface area contributed by atoms with E-state index in [2.05, 4.69) is 23.9 Å². The van der Waals surface area contributed by atoms with E-state index in [9.17, 15) is 4.79 Å². The van der Waals surface area contributed by atoms with Crippen molar-refractivity contribution in [1.82, 2.24) is 5.32 Å². The standard InChI is InChI=1S/C4H11N.C3H6O2/c1-3-5-4-2;1-3(4)5-2/h5H,3-4H2,1-2H3;1-2H3. The van der Waals surface area contributed by atoms with E-state index in [0.717, 1.165) is 13.1 Å². The van der Waals surface area contributed by atoms with E-state index in [1.54, 1.807) is 0 Å². The Bertz CT molecular complexity index is 72.0. The second kappa shape index (κ2) is 11.3. The molecule has 0 aromatic carbocycles. The van der Waals surface area contributed by atoms with Gasteiger partial charge in [-0.05, 0) is 13.1 Å². The van der Waals surface area contributed by atoms with Crippen LogP contribution in [0.4, 0.5) is 0 Å². The molecule has 0 saturated carbocycles. The van der Waals surface area contributed by atoms with Crippen LogP contribution < -0.4 is 5.32 Å². The molecular weight excluding hydrogens is 130 g/mol. The van der Waals surface area contributed by atoms with Crippen molar-refractivity contribution in [2.45, 2.75) is 20.8 Å². The number of hydrogen-bond donors (Lipinski definition) is 1. The lowest BCUT2D eigenvalue weighted by molar-refractivity contribution is -0.137. The summed E-state index contributed by atoms with van der Waals surface area (Å²) in [5, 5.41) is 3.11. The summed E-state index contributed by atoms with van der Waals surface area (Å²) in [5.41, 5.74) is 0. The fourth-order valence-corrected chi connectivity index (χ4v) is 0.250. The largest absolute Gasteiger partial charge is 0.469 e. The topological polar surface area (TPSA) is 38.3 Å². The minimum Gasteiger partial charge on any atom is -0.469 e. The fraction of sp³-hybridized carbons (Fsp3) is 0.857. The SMILES string of the molecule is CCNCC.COC(C)=O. The van der Waals surface area contributed by atoms with Gasteiger partial charge < -0.3 is 10.1 Å². The minimum atomic E-state index is -0.245. The van der Waals surface area contributed by atoms with Gasteiger partial charge in [0.1, 0.15) is 0 Å². The lowest BCUT2D eigenvalue weighted by Crippen LogP contribution is -2.09. The van der Waals surface area contributed by atoms with Gasteiger partial charge in [-0.25, -0.2) is 0 Å². The van der Waals surface area contributed by atoms with Crippen LogP contribution in [0.2, 0.25) is 0 Å². The number of hydrogen-bond acceptors (Lipinski definition) is 3. The molecule has 3 heteroatoms. The quantitative estimate of drug-likeness (QED) is 0.587. The second-order valence-electron chi connectivity index (χ2n) is 1.65. The van der Waals surface area contributed by atoms with E-state index < -0.39 is 0 Å². The Morgan fingerprint density at radius 2 is 1.70 bits per heavy atom. The Morgan fingerprint density at radius 3 is 1.70 bits per heavy atom. The van der Waals surface area contributed by atoms with Gasteiger partial charge >= 0.3 is 5.97 Å². The zero-order chi connectivity index (χ0) is 8.41. The molecule has 0 aliphatic carbocycles. The third-order valence-corrected chi connectivity index (χ3v) is 0.787. The molecule has 1 N–H and O–H groups in total. The van der Waals surface area contributed by atoms with Gasteiger partial charge in [0.15, 0.2) is 0 Å². The van der Waals surface area contributed by atoms with E-state index in [1.807, 2.05) is 0 Å². The summed E-state index contributed by atoms with van der Waals surface area (Å²) in [5.74, 6) is -0.245. The van der Waals surface area contributed by atoms with Crippen molar-refractivity contribution in [1.29, 1.82) is 0 Å². The molecule has 0 saturated heterocycles. The first-order valence-corrected chi connectivity index (χ1v) is 3.44. The molecule has 62 valence electrons. The van der Waals surface area contributed by atoms with Crippen molar-refractivity contribution in [2.24, 2.45) is 0 Å². The van der Waals surface area contributed by atoms with Gasteiger partial charge in [0, 0.05) is 6.92 Å². The van der Waals surface area contributed by atoms with Crippen LogP contribution in [-0.4, -0.2) is 26.2 Å². The summed E-state index contributed by atoms with van der Waals surface area (Å²) in [6.45, 7) is 7.75. The number of rotatable bonds is 2. The second-order valence-corrected chi connectivity index (χ2v) is 1.65. The molecule has 0 spiro atoms. The van der Waals surface area contributed by atoms with E-state index in [1.165, 1.54) is 14.0 Å². The van der Waals surface area contributed by atoms with E-state index in [4.69, 9.17) is 0 Å². The van der Waals surface area contributed by atoms with Gasteiger partial charge in [-0.1, -0.05) is 13.8 Å². The molecule has 0 aliphatic heterocycles. The minimum absolute atomic E-state index is 0.245. The predicted octanol–water partition coefficient (Wildman–Crippen LogP) is 0.795. The lowest BCUT2D eigenvalue weighted by Gasteiger charge is -1.86. The molecule has 3 nitrogen and oxygen atoms in total. The summed E-state index contributed by atoms with van der Waals surface area (Å²) in [6.07, 6.45) is 0. The summed E-state index contributed by atoms with van der Waals surface area (Å²) in [6, 6.07) is 0. The average Bonchev–Trinajstić information content (AvgIpc) is 1.91. The third kappa shape index (κ3) is 26.1. The zero-order valence-electron chi connectivity index (χ0n) is 7.23. The van der Waals surface area contributed by atoms with E-state index >= 15 is 0 Å². The zero-order valence-corrected chi connectivity index (χ0v) is 7.23. The van der Waals surface area contributed by atoms with Gasteiger partial charge in [0.25, 0.3) is 0 Å². The maximum Gasteiger partial charge on any atom is 0.302 e. The molecule has 0 rings (SSSR count). The van der Waals surface area contributed by atoms with Crippen LogP contribution in [0, 0.1) is 0 Å². The van der Waals surface area contributed by atoms with Crippen molar-refractivity contribution in [3.63, 3.8) is 0 Å². The van der Waals surface area contributed by atoms with E-state index in [0.29, 0.717) is 0 Å². The Hall–Kier alpha value is -0.570. The number of carbonyl (C=O) groups excluding carboxylic acids is 1. The summed E-state index contributed by atoms with van der Waals surface area (Å²) in [7, 11) is 1.35. The van der Waals surface area contributed by atoms with Crippen LogP contribution >= 0.6 is 0 Å². The van der Waals surface area contributed by atoms with Gasteiger partial charge in [-0.15, -0.1) is 0 Å². The van der Waals surface area contributed by atoms with Crippen molar-refractivity contribution in [3.8, 4) is 0 Å². The molecule has 0 aliphatic rings. The molecular formula is C7H17NO2. The summed E-state index contributed by atoms with van der Waals surface area (Å²) in [4.78, 5) is 9.59. The fourth-order valence-electron chi connectivity index (χ4n) is 0.250. The van der Waals surface area contributed by atoms with Crippen molar-refractivity contribution >= 4 is 5.97 Å². The van der Waals surface area contributed by atoms with Gasteiger partial charge in [0.2, 0.25) is 0 Å². The molecule has 0 fully saturated rings. The van der Waals surface area contributed by atoms with Crippen LogP contribution in [0.3, 0.4) is 0 Å². The highest BCUT2D eigenvalue weighted by molar-refractivity contribution is 5.65. The molecule has 10 heavy (non-hydrogen) atoms. The molecule has 0 radical (unpaired) electrons. The highest BCUT2D eigenvalue weighted by Crippen LogP contribution is 1.60. The smallest absolute Gasteiger partial charge is 0.302 e. The first-order chi connectivity index (χ1) is 4.68. The first-order valence-electron chi connectivity index (χ1n) is 3.44. The molecule has 0 unspecified atom stereocenters. The van der Waals surface area contributed by atoms with Crippen LogP contribution in [-0.2, 0) is 9.53 Å². The molecule has 0 aromatic rings. The van der Waals surface area contributed by atoms with Crippen LogP contribution in [0.25, 0.3) is 0 Å². The monoisotopic (exact) mass is 147 g/mol. The molecule has 0 bridgehead atoms. The van der Waals surface area contributed by atoms with Crippen LogP contribution in [0.15, 0.2) is 0 Å². The first kappa shape index (κ1) is 12.1.